The molecular weight excluding hydrogens is 296 g/mol. The molecule has 1 saturated heterocycles. The van der Waals surface area contributed by atoms with Crippen LogP contribution in [-0.4, -0.2) is 13.1 Å². The van der Waals surface area contributed by atoms with Gasteiger partial charge in [0.15, 0.2) is 6.17 Å². The van der Waals surface area contributed by atoms with Crippen molar-refractivity contribution in [2.24, 2.45) is 0 Å². The maximum atomic E-state index is 5.80. The van der Waals surface area contributed by atoms with E-state index in [0.717, 1.165) is 18.8 Å². The highest BCUT2D eigenvalue weighted by Crippen LogP contribution is 2.38. The van der Waals surface area contributed by atoms with Gasteiger partial charge in [-0.2, -0.15) is 0 Å². The Morgan fingerprint density at radius 3 is 1.83 bits per heavy atom. The summed E-state index contributed by atoms with van der Waals surface area (Å²) in [6.45, 7) is 6.23. The van der Waals surface area contributed by atoms with Crippen molar-refractivity contribution in [3.05, 3.63) is 83.8 Å². The largest absolute Gasteiger partial charge is 0.465 e. The molecule has 0 saturated carbocycles. The molecule has 3 nitrogen and oxygen atoms in total. The van der Waals surface area contributed by atoms with Crippen LogP contribution in [0.5, 0.6) is 0 Å². The number of rotatable bonds is 3. The van der Waals surface area contributed by atoms with Gasteiger partial charge in [0.25, 0.3) is 0 Å². The Kier molecular flexibility index (Phi) is 3.77. The van der Waals surface area contributed by atoms with Gasteiger partial charge < -0.3 is 14.2 Å². The van der Waals surface area contributed by atoms with Gasteiger partial charge in [0.2, 0.25) is 0 Å². The van der Waals surface area contributed by atoms with Gasteiger partial charge in [-0.3, -0.25) is 0 Å². The molecule has 0 radical (unpaired) electrons. The zero-order valence-electron chi connectivity index (χ0n) is 14.1. The zero-order chi connectivity index (χ0) is 16.5. The summed E-state index contributed by atoms with van der Waals surface area (Å²) >= 11 is 0. The predicted octanol–water partition coefficient (Wildman–Crippen LogP) is 4.92. The molecular formula is C21H22N2O. The van der Waals surface area contributed by atoms with Crippen LogP contribution in [0.3, 0.4) is 0 Å². The van der Waals surface area contributed by atoms with Crippen molar-refractivity contribution >= 4 is 11.4 Å². The normalized spacial score (nSPS) is 15.2. The zero-order valence-corrected chi connectivity index (χ0v) is 14.1. The highest BCUT2D eigenvalue weighted by molar-refractivity contribution is 5.59. The molecule has 0 bridgehead atoms. The predicted molar refractivity (Wildman–Crippen MR) is 98.5 cm³/mol. The lowest BCUT2D eigenvalue weighted by Crippen LogP contribution is -2.30. The number of anilines is 2. The molecule has 1 aliphatic rings. The summed E-state index contributed by atoms with van der Waals surface area (Å²) in [5, 5.41) is 0. The van der Waals surface area contributed by atoms with Crippen LogP contribution in [0.2, 0.25) is 0 Å². The minimum Gasteiger partial charge on any atom is -0.465 e. The molecule has 0 amide bonds. The molecule has 0 atom stereocenters. The van der Waals surface area contributed by atoms with Gasteiger partial charge in [-0.15, -0.1) is 0 Å². The van der Waals surface area contributed by atoms with E-state index in [1.807, 2.05) is 6.07 Å². The van der Waals surface area contributed by atoms with Crippen molar-refractivity contribution < 1.29 is 4.42 Å². The Bertz CT molecular complexity index is 772. The first-order valence-corrected chi connectivity index (χ1v) is 8.42. The smallest absolute Gasteiger partial charge is 0.162 e. The van der Waals surface area contributed by atoms with Crippen molar-refractivity contribution in [3.63, 3.8) is 0 Å². The van der Waals surface area contributed by atoms with Gasteiger partial charge in [0, 0.05) is 24.5 Å². The fourth-order valence-corrected chi connectivity index (χ4v) is 3.53. The Morgan fingerprint density at radius 2 is 1.38 bits per heavy atom. The van der Waals surface area contributed by atoms with Crippen LogP contribution in [0.4, 0.5) is 11.4 Å². The molecule has 0 unspecified atom stereocenters. The first-order chi connectivity index (χ1) is 11.7. The van der Waals surface area contributed by atoms with Crippen LogP contribution in [0.25, 0.3) is 0 Å². The highest BCUT2D eigenvalue weighted by atomic mass is 16.3. The van der Waals surface area contributed by atoms with E-state index in [4.69, 9.17) is 4.42 Å². The lowest BCUT2D eigenvalue weighted by molar-refractivity contribution is 0.466. The fraction of sp³-hybridized carbons (Fsp3) is 0.238. The number of furan rings is 1. The molecule has 3 heteroatoms. The van der Waals surface area contributed by atoms with Crippen LogP contribution in [0, 0.1) is 13.8 Å². The molecule has 0 aliphatic carbocycles. The molecule has 1 aliphatic heterocycles. The van der Waals surface area contributed by atoms with Crippen LogP contribution < -0.4 is 9.80 Å². The van der Waals surface area contributed by atoms with Crippen molar-refractivity contribution in [2.75, 3.05) is 22.9 Å². The second-order valence-electron chi connectivity index (χ2n) is 6.45. The first-order valence-electron chi connectivity index (χ1n) is 8.42. The van der Waals surface area contributed by atoms with Crippen LogP contribution >= 0.6 is 0 Å². The average molecular weight is 318 g/mol. The summed E-state index contributed by atoms with van der Waals surface area (Å²) in [5.74, 6) is 0.982. The van der Waals surface area contributed by atoms with E-state index in [0.29, 0.717) is 0 Å². The summed E-state index contributed by atoms with van der Waals surface area (Å²) in [7, 11) is 0. The molecule has 2 heterocycles. The minimum atomic E-state index is 0.0867. The highest BCUT2D eigenvalue weighted by Gasteiger charge is 2.35. The third kappa shape index (κ3) is 2.67. The first kappa shape index (κ1) is 14.9. The average Bonchev–Trinajstić information content (AvgIpc) is 3.24. The quantitative estimate of drug-likeness (QED) is 0.683. The van der Waals surface area contributed by atoms with Crippen molar-refractivity contribution in [2.45, 2.75) is 20.0 Å². The van der Waals surface area contributed by atoms with Crippen LogP contribution in [-0.2, 0) is 0 Å². The molecule has 1 fully saturated rings. The van der Waals surface area contributed by atoms with Gasteiger partial charge in [0.05, 0.1) is 6.26 Å². The minimum absolute atomic E-state index is 0.0867. The Labute approximate surface area is 143 Å². The number of aryl methyl sites for hydroxylation is 2. The van der Waals surface area contributed by atoms with Gasteiger partial charge in [0.1, 0.15) is 5.76 Å². The van der Waals surface area contributed by atoms with E-state index in [-0.39, 0.29) is 6.17 Å². The second-order valence-corrected chi connectivity index (χ2v) is 6.45. The number of hydrogen-bond acceptors (Lipinski definition) is 3. The third-order valence-corrected chi connectivity index (χ3v) is 4.64. The van der Waals surface area contributed by atoms with E-state index in [1.165, 1.54) is 22.5 Å². The summed E-state index contributed by atoms with van der Waals surface area (Å²) < 4.78 is 5.80. The van der Waals surface area contributed by atoms with E-state index in [2.05, 4.69) is 78.2 Å². The van der Waals surface area contributed by atoms with Gasteiger partial charge in [-0.25, -0.2) is 0 Å². The summed E-state index contributed by atoms with van der Waals surface area (Å²) in [6.07, 6.45) is 1.85. The Balaban J connectivity index is 1.76. The van der Waals surface area contributed by atoms with Crippen molar-refractivity contribution in [1.82, 2.24) is 0 Å². The van der Waals surface area contributed by atoms with Crippen LogP contribution in [0.1, 0.15) is 23.1 Å². The number of nitrogens with zero attached hydrogens (tertiary/aromatic N) is 2. The number of hydrogen-bond donors (Lipinski definition) is 0. The maximum Gasteiger partial charge on any atom is 0.162 e. The molecule has 2 aromatic carbocycles. The third-order valence-electron chi connectivity index (χ3n) is 4.64. The van der Waals surface area contributed by atoms with Gasteiger partial charge in [-0.05, 0) is 61.4 Å². The van der Waals surface area contributed by atoms with Crippen molar-refractivity contribution in [1.29, 1.82) is 0 Å². The molecule has 3 aromatic rings. The molecule has 24 heavy (non-hydrogen) atoms. The van der Waals surface area contributed by atoms with Gasteiger partial charge in [-0.1, -0.05) is 24.3 Å². The van der Waals surface area contributed by atoms with Gasteiger partial charge >= 0.3 is 0 Å². The molecule has 1 aromatic heterocycles. The van der Waals surface area contributed by atoms with E-state index >= 15 is 0 Å². The fourth-order valence-electron chi connectivity index (χ4n) is 3.53. The monoisotopic (exact) mass is 318 g/mol. The summed E-state index contributed by atoms with van der Waals surface area (Å²) in [4.78, 5) is 4.85. The molecule has 0 spiro atoms. The SMILES string of the molecule is Cc1cccc(N2CCN(c3cccc(C)c3)C2c2ccco2)c1. The topological polar surface area (TPSA) is 19.6 Å². The van der Waals surface area contributed by atoms with E-state index < -0.39 is 0 Å². The Hall–Kier alpha value is -2.68. The van der Waals surface area contributed by atoms with E-state index in [9.17, 15) is 0 Å². The van der Waals surface area contributed by atoms with Crippen LogP contribution in [0.15, 0.2) is 71.3 Å². The molecule has 122 valence electrons. The molecule has 0 N–H and O–H groups in total. The lowest BCUT2D eigenvalue weighted by Gasteiger charge is -2.31. The second kappa shape index (κ2) is 6.08. The maximum absolute atomic E-state index is 5.80. The van der Waals surface area contributed by atoms with E-state index in [1.54, 1.807) is 6.26 Å². The van der Waals surface area contributed by atoms with Crippen molar-refractivity contribution in [3.8, 4) is 0 Å². The summed E-state index contributed by atoms with van der Waals surface area (Å²) in [5.41, 5.74) is 5.04. The summed E-state index contributed by atoms with van der Waals surface area (Å²) in [6, 6.07) is 21.4. The standard InChI is InChI=1S/C21H22N2O/c1-16-6-3-8-18(14-16)22-11-12-23(19-9-4-7-17(2)15-19)21(22)20-10-5-13-24-20/h3-10,13-15,21H,11-12H2,1-2H3. The molecule has 4 rings (SSSR count). The number of benzene rings is 2. The lowest BCUT2D eigenvalue weighted by atomic mass is 10.1. The Morgan fingerprint density at radius 1 is 0.792 bits per heavy atom.